The lowest BCUT2D eigenvalue weighted by molar-refractivity contribution is 0.591. The molecule has 4 aromatic carbocycles. The largest absolute Gasteiger partial charge is 0.0984 e. The summed E-state index contributed by atoms with van der Waals surface area (Å²) in [5.74, 6) is 0. The van der Waals surface area contributed by atoms with Gasteiger partial charge in [-0.15, -0.1) is 0 Å². The molecule has 0 amide bonds. The van der Waals surface area contributed by atoms with Crippen LogP contribution >= 0.6 is 0 Å². The minimum Gasteiger partial charge on any atom is -0.0984 e. The molecule has 0 aromatic heterocycles. The van der Waals surface area contributed by atoms with Crippen LogP contribution in [0.3, 0.4) is 0 Å². The Balaban J connectivity index is 2.39. The predicted molar refractivity (Wildman–Crippen MR) is 118 cm³/mol. The Labute approximate surface area is 155 Å². The van der Waals surface area contributed by atoms with Crippen molar-refractivity contribution >= 4 is 45.0 Å². The van der Waals surface area contributed by atoms with Gasteiger partial charge < -0.3 is 0 Å². The van der Waals surface area contributed by atoms with Crippen LogP contribution in [0.2, 0.25) is 0 Å². The molecule has 0 radical (unpaired) electrons. The Hall–Kier alpha value is -2.60. The fourth-order valence-electron chi connectivity index (χ4n) is 4.13. The quantitative estimate of drug-likeness (QED) is 0.279. The first-order chi connectivity index (χ1) is 12.3. The lowest BCUT2D eigenvalue weighted by Gasteiger charge is -2.23. The fraction of sp³-hybridized carbons (Fsp3) is 0.231. The van der Waals surface area contributed by atoms with E-state index in [4.69, 9.17) is 0 Å². The van der Waals surface area contributed by atoms with Gasteiger partial charge in [0, 0.05) is 0 Å². The summed E-state index contributed by atoms with van der Waals surface area (Å²) in [5, 5.41) is 8.90. The summed E-state index contributed by atoms with van der Waals surface area (Å²) in [6.07, 6.45) is 3.04. The number of benzene rings is 4. The Morgan fingerprint density at radius 1 is 0.923 bits per heavy atom. The van der Waals surface area contributed by atoms with Crippen molar-refractivity contribution in [2.24, 2.45) is 0 Å². The maximum atomic E-state index is 4.31. The van der Waals surface area contributed by atoms with Gasteiger partial charge in [-0.3, -0.25) is 0 Å². The van der Waals surface area contributed by atoms with Crippen LogP contribution in [0.4, 0.5) is 0 Å². The third-order valence-electron chi connectivity index (χ3n) is 5.59. The van der Waals surface area contributed by atoms with E-state index in [9.17, 15) is 0 Å². The highest BCUT2D eigenvalue weighted by atomic mass is 14.2. The average Bonchev–Trinajstić information content (AvgIpc) is 2.61. The molecule has 0 heterocycles. The predicted octanol–water partition coefficient (Wildman–Crippen LogP) is 6.78. The van der Waals surface area contributed by atoms with Crippen molar-refractivity contribution in [3.63, 3.8) is 0 Å². The Kier molecular flexibility index (Phi) is 3.70. The van der Waals surface area contributed by atoms with E-state index < -0.39 is 0 Å². The molecule has 0 nitrogen and oxygen atoms in total. The van der Waals surface area contributed by atoms with Crippen LogP contribution in [0.5, 0.6) is 0 Å². The van der Waals surface area contributed by atoms with Crippen molar-refractivity contribution in [3.05, 3.63) is 71.0 Å². The van der Waals surface area contributed by atoms with Gasteiger partial charge in [-0.05, 0) is 72.1 Å². The average molecular weight is 338 g/mol. The molecule has 130 valence electrons. The fourth-order valence-corrected chi connectivity index (χ4v) is 4.13. The van der Waals surface area contributed by atoms with E-state index in [1.165, 1.54) is 49.0 Å². The third kappa shape index (κ3) is 2.36. The number of aryl methyl sites for hydroxylation is 1. The monoisotopic (exact) mass is 338 g/mol. The smallest absolute Gasteiger partial charge is 0.00260 e. The first kappa shape index (κ1) is 16.8. The zero-order valence-electron chi connectivity index (χ0n) is 16.2. The third-order valence-corrected chi connectivity index (χ3v) is 5.59. The van der Waals surface area contributed by atoms with Crippen LogP contribution in [0.15, 0.2) is 49.0 Å². The van der Waals surface area contributed by atoms with E-state index in [-0.39, 0.29) is 5.41 Å². The minimum atomic E-state index is 0.101. The molecule has 0 spiro atoms. The van der Waals surface area contributed by atoms with Crippen LogP contribution in [0, 0.1) is 0 Å². The van der Waals surface area contributed by atoms with E-state index >= 15 is 0 Å². The second-order valence-electron chi connectivity index (χ2n) is 8.33. The van der Waals surface area contributed by atoms with Gasteiger partial charge in [-0.2, -0.15) is 0 Å². The number of rotatable bonds is 2. The summed E-state index contributed by atoms with van der Waals surface area (Å²) in [7, 11) is 0. The van der Waals surface area contributed by atoms with Crippen LogP contribution in [0.1, 0.15) is 44.4 Å². The van der Waals surface area contributed by atoms with Crippen molar-refractivity contribution in [1.29, 1.82) is 0 Å². The van der Waals surface area contributed by atoms with Gasteiger partial charge >= 0.3 is 0 Å². The standard InChI is InChI=1S/C26H26/c1-7-17-12-18-14-19(26(4,5)6)15-23-20(8-2)24-16(3)10-9-11-21(24)22(13-17)25(18)23/h8-15H,2-3,7H2,1,4-6H3. The second-order valence-corrected chi connectivity index (χ2v) is 8.33. The molecular formula is C26H26. The zero-order valence-corrected chi connectivity index (χ0v) is 16.2. The molecule has 0 saturated heterocycles. The Bertz CT molecular complexity index is 1220. The van der Waals surface area contributed by atoms with Gasteiger partial charge in [0.25, 0.3) is 0 Å². The van der Waals surface area contributed by atoms with Crippen LogP contribution in [0.25, 0.3) is 45.0 Å². The van der Waals surface area contributed by atoms with E-state index in [0.717, 1.165) is 11.6 Å². The summed E-state index contributed by atoms with van der Waals surface area (Å²) in [4.78, 5) is 0. The lowest BCUT2D eigenvalue weighted by atomic mass is 9.81. The second kappa shape index (κ2) is 5.71. The molecule has 0 aliphatic heterocycles. The van der Waals surface area contributed by atoms with Crippen molar-refractivity contribution in [2.75, 3.05) is 0 Å². The highest BCUT2D eigenvalue weighted by molar-refractivity contribution is 6.25. The SMILES string of the molecule is C=Cc1c2cc(C(C)(C)C)cc3cc(CC)cc(c4cccc(=C)c14)c32. The normalized spacial score (nSPS) is 12.3. The summed E-state index contributed by atoms with van der Waals surface area (Å²) in [6, 6.07) is 15.9. The van der Waals surface area contributed by atoms with Gasteiger partial charge in [0.1, 0.15) is 0 Å². The molecule has 0 bridgehead atoms. The molecular weight excluding hydrogens is 312 g/mol. The van der Waals surface area contributed by atoms with Crippen LogP contribution < -0.4 is 5.22 Å². The Morgan fingerprint density at radius 2 is 1.69 bits per heavy atom. The molecule has 0 unspecified atom stereocenters. The van der Waals surface area contributed by atoms with Crippen molar-refractivity contribution in [1.82, 2.24) is 0 Å². The zero-order chi connectivity index (χ0) is 18.6. The Morgan fingerprint density at radius 3 is 2.35 bits per heavy atom. The van der Waals surface area contributed by atoms with Gasteiger partial charge in [0.15, 0.2) is 0 Å². The van der Waals surface area contributed by atoms with E-state index in [2.05, 4.69) is 83.3 Å². The highest BCUT2D eigenvalue weighted by Crippen LogP contribution is 2.40. The van der Waals surface area contributed by atoms with E-state index in [1.807, 2.05) is 6.08 Å². The molecule has 0 fully saturated rings. The first-order valence-electron chi connectivity index (χ1n) is 9.41. The molecule has 0 aliphatic rings. The lowest BCUT2D eigenvalue weighted by Crippen LogP contribution is -2.11. The number of fused-ring (bicyclic) bond motifs is 2. The molecule has 26 heavy (non-hydrogen) atoms. The van der Waals surface area contributed by atoms with Gasteiger partial charge in [-0.1, -0.05) is 83.3 Å². The molecule has 0 atom stereocenters. The van der Waals surface area contributed by atoms with Gasteiger partial charge in [-0.25, -0.2) is 0 Å². The molecule has 0 N–H and O–H groups in total. The van der Waals surface area contributed by atoms with Gasteiger partial charge in [0.2, 0.25) is 0 Å². The van der Waals surface area contributed by atoms with E-state index in [1.54, 1.807) is 0 Å². The molecule has 4 rings (SSSR count). The topological polar surface area (TPSA) is 0 Å². The molecule has 0 saturated carbocycles. The van der Waals surface area contributed by atoms with Crippen LogP contribution in [-0.2, 0) is 11.8 Å². The summed E-state index contributed by atoms with van der Waals surface area (Å²) in [5.41, 5.74) is 4.05. The van der Waals surface area contributed by atoms with Gasteiger partial charge in [0.05, 0.1) is 0 Å². The van der Waals surface area contributed by atoms with E-state index in [0.29, 0.717) is 0 Å². The first-order valence-corrected chi connectivity index (χ1v) is 9.41. The summed E-state index contributed by atoms with van der Waals surface area (Å²) in [6.45, 7) is 17.5. The molecule has 0 aliphatic carbocycles. The highest BCUT2D eigenvalue weighted by Gasteiger charge is 2.19. The van der Waals surface area contributed by atoms with Crippen molar-refractivity contribution in [3.8, 4) is 0 Å². The van der Waals surface area contributed by atoms with Crippen molar-refractivity contribution in [2.45, 2.75) is 39.5 Å². The maximum Gasteiger partial charge on any atom is -0.00260 e. The minimum absolute atomic E-state index is 0.101. The maximum absolute atomic E-state index is 4.31. The molecule has 4 aromatic rings. The number of hydrogen-bond acceptors (Lipinski definition) is 0. The summed E-state index contributed by atoms with van der Waals surface area (Å²) >= 11 is 0. The number of hydrogen-bond donors (Lipinski definition) is 0. The summed E-state index contributed by atoms with van der Waals surface area (Å²) < 4.78 is 0. The molecule has 0 heteroatoms. The van der Waals surface area contributed by atoms with Crippen LogP contribution in [-0.4, -0.2) is 0 Å². The van der Waals surface area contributed by atoms with Crippen molar-refractivity contribution < 1.29 is 0 Å².